The maximum atomic E-state index is 12.5. The standard InChI is InChI=1S/C12H17ClN2O2/c1-8(13)7-15-9(2)10(16)14-12(11(15)17)5-3-4-6-12/h9H,1,3-7H2,2H3,(H,14,16). The van der Waals surface area contributed by atoms with E-state index in [9.17, 15) is 9.59 Å². The Morgan fingerprint density at radius 3 is 2.65 bits per heavy atom. The Morgan fingerprint density at radius 1 is 1.53 bits per heavy atom. The summed E-state index contributed by atoms with van der Waals surface area (Å²) < 4.78 is 0. The van der Waals surface area contributed by atoms with E-state index in [1.807, 2.05) is 0 Å². The lowest BCUT2D eigenvalue weighted by molar-refractivity contribution is -0.153. The molecule has 1 saturated carbocycles. The van der Waals surface area contributed by atoms with Crippen molar-refractivity contribution in [2.45, 2.75) is 44.2 Å². The van der Waals surface area contributed by atoms with Crippen LogP contribution in [0.25, 0.3) is 0 Å². The number of piperazine rings is 1. The van der Waals surface area contributed by atoms with Crippen LogP contribution in [0.2, 0.25) is 0 Å². The second-order valence-corrected chi connectivity index (χ2v) is 5.44. The molecule has 17 heavy (non-hydrogen) atoms. The number of amides is 2. The fraction of sp³-hybridized carbons (Fsp3) is 0.667. The van der Waals surface area contributed by atoms with Gasteiger partial charge in [-0.2, -0.15) is 0 Å². The van der Waals surface area contributed by atoms with Gasteiger partial charge in [-0.25, -0.2) is 0 Å². The van der Waals surface area contributed by atoms with Gasteiger partial charge in [-0.15, -0.1) is 0 Å². The zero-order valence-corrected chi connectivity index (χ0v) is 10.7. The van der Waals surface area contributed by atoms with Gasteiger partial charge < -0.3 is 10.2 Å². The molecule has 4 nitrogen and oxygen atoms in total. The van der Waals surface area contributed by atoms with Crippen LogP contribution in [0, 0.1) is 0 Å². The third-order valence-electron chi connectivity index (χ3n) is 3.68. The van der Waals surface area contributed by atoms with Gasteiger partial charge in [0.05, 0.1) is 6.54 Å². The number of carbonyl (C=O) groups is 2. The maximum Gasteiger partial charge on any atom is 0.249 e. The number of rotatable bonds is 2. The predicted molar refractivity (Wildman–Crippen MR) is 65.5 cm³/mol. The summed E-state index contributed by atoms with van der Waals surface area (Å²) in [6.45, 7) is 5.56. The molecule has 1 atom stereocenters. The lowest BCUT2D eigenvalue weighted by Crippen LogP contribution is -2.68. The van der Waals surface area contributed by atoms with Gasteiger partial charge in [-0.3, -0.25) is 9.59 Å². The summed E-state index contributed by atoms with van der Waals surface area (Å²) in [5, 5.41) is 3.27. The fourth-order valence-corrected chi connectivity index (χ4v) is 2.83. The lowest BCUT2D eigenvalue weighted by Gasteiger charge is -2.43. The van der Waals surface area contributed by atoms with Crippen molar-refractivity contribution in [3.8, 4) is 0 Å². The fourth-order valence-electron chi connectivity index (χ4n) is 2.70. The van der Waals surface area contributed by atoms with Crippen molar-refractivity contribution in [3.63, 3.8) is 0 Å². The molecule has 0 aromatic heterocycles. The van der Waals surface area contributed by atoms with Crippen LogP contribution < -0.4 is 5.32 Å². The summed E-state index contributed by atoms with van der Waals surface area (Å²) in [4.78, 5) is 25.9. The second kappa shape index (κ2) is 4.33. The van der Waals surface area contributed by atoms with Crippen LogP contribution >= 0.6 is 11.6 Å². The molecule has 1 spiro atoms. The largest absolute Gasteiger partial charge is 0.340 e. The Kier molecular flexibility index (Phi) is 3.17. The summed E-state index contributed by atoms with van der Waals surface area (Å²) in [7, 11) is 0. The topological polar surface area (TPSA) is 49.4 Å². The molecule has 5 heteroatoms. The average Bonchev–Trinajstić information content (AvgIpc) is 2.71. The van der Waals surface area contributed by atoms with E-state index in [1.54, 1.807) is 11.8 Å². The monoisotopic (exact) mass is 256 g/mol. The first-order chi connectivity index (χ1) is 7.96. The molecule has 2 aliphatic rings. The van der Waals surface area contributed by atoms with Crippen molar-refractivity contribution in [1.82, 2.24) is 10.2 Å². The summed E-state index contributed by atoms with van der Waals surface area (Å²) in [5.41, 5.74) is -0.671. The van der Waals surface area contributed by atoms with Gasteiger partial charge in [0.15, 0.2) is 0 Å². The zero-order valence-electron chi connectivity index (χ0n) is 9.96. The summed E-state index contributed by atoms with van der Waals surface area (Å²) >= 11 is 5.76. The van der Waals surface area contributed by atoms with Crippen molar-refractivity contribution < 1.29 is 9.59 Å². The summed E-state index contributed by atoms with van der Waals surface area (Å²) in [6.07, 6.45) is 3.43. The molecule has 0 bridgehead atoms. The van der Waals surface area contributed by atoms with E-state index < -0.39 is 11.6 Å². The number of halogens is 1. The molecule has 94 valence electrons. The molecule has 0 aromatic rings. The number of hydrogen-bond acceptors (Lipinski definition) is 2. The van der Waals surface area contributed by atoms with Gasteiger partial charge in [0.2, 0.25) is 11.8 Å². The SMILES string of the molecule is C=C(Cl)CN1C(=O)C2(CCCC2)NC(=O)C1C. The van der Waals surface area contributed by atoms with Crippen molar-refractivity contribution in [1.29, 1.82) is 0 Å². The Hall–Kier alpha value is -1.03. The Bertz CT molecular complexity index is 375. The predicted octanol–water partition coefficient (Wildman–Crippen LogP) is 1.40. The van der Waals surface area contributed by atoms with Gasteiger partial charge in [0.25, 0.3) is 0 Å². The summed E-state index contributed by atoms with van der Waals surface area (Å²) in [6, 6.07) is -0.468. The van der Waals surface area contributed by atoms with Gasteiger partial charge in [-0.05, 0) is 19.8 Å². The van der Waals surface area contributed by atoms with Gasteiger partial charge in [0, 0.05) is 5.03 Å². The van der Waals surface area contributed by atoms with Gasteiger partial charge in [-0.1, -0.05) is 31.0 Å². The highest BCUT2D eigenvalue weighted by molar-refractivity contribution is 6.29. The van der Waals surface area contributed by atoms with Crippen LogP contribution in [0.1, 0.15) is 32.6 Å². The van der Waals surface area contributed by atoms with Crippen LogP contribution in [0.4, 0.5) is 0 Å². The maximum absolute atomic E-state index is 12.5. The van der Waals surface area contributed by atoms with Gasteiger partial charge >= 0.3 is 0 Å². The zero-order chi connectivity index (χ0) is 12.6. The minimum Gasteiger partial charge on any atom is -0.340 e. The minimum atomic E-state index is -0.671. The average molecular weight is 257 g/mol. The molecule has 2 amide bonds. The van der Waals surface area contributed by atoms with E-state index in [0.717, 1.165) is 25.7 Å². The molecule has 2 rings (SSSR count). The molecule has 1 heterocycles. The first kappa shape index (κ1) is 12.4. The molecular formula is C12H17ClN2O2. The van der Waals surface area contributed by atoms with Crippen molar-refractivity contribution in [3.05, 3.63) is 11.6 Å². The van der Waals surface area contributed by atoms with E-state index in [2.05, 4.69) is 11.9 Å². The Balaban J connectivity index is 2.26. The molecule has 0 aromatic carbocycles. The first-order valence-electron chi connectivity index (χ1n) is 5.93. The first-order valence-corrected chi connectivity index (χ1v) is 6.30. The summed E-state index contributed by atoms with van der Waals surface area (Å²) in [5.74, 6) is -0.103. The second-order valence-electron chi connectivity index (χ2n) is 4.90. The van der Waals surface area contributed by atoms with Crippen molar-refractivity contribution in [2.75, 3.05) is 6.54 Å². The molecule has 2 fully saturated rings. The van der Waals surface area contributed by atoms with Crippen LogP contribution in [0.15, 0.2) is 11.6 Å². The number of hydrogen-bond donors (Lipinski definition) is 1. The van der Waals surface area contributed by atoms with Gasteiger partial charge in [0.1, 0.15) is 11.6 Å². The highest BCUT2D eigenvalue weighted by Crippen LogP contribution is 2.34. The molecule has 1 aliphatic carbocycles. The number of nitrogens with one attached hydrogen (secondary N) is 1. The lowest BCUT2D eigenvalue weighted by atomic mass is 9.91. The molecule has 1 unspecified atom stereocenters. The van der Waals surface area contributed by atoms with E-state index in [4.69, 9.17) is 11.6 Å². The van der Waals surface area contributed by atoms with Crippen LogP contribution in [-0.2, 0) is 9.59 Å². The van der Waals surface area contributed by atoms with E-state index in [-0.39, 0.29) is 18.4 Å². The highest BCUT2D eigenvalue weighted by Gasteiger charge is 2.50. The highest BCUT2D eigenvalue weighted by atomic mass is 35.5. The molecule has 0 radical (unpaired) electrons. The van der Waals surface area contributed by atoms with E-state index in [1.165, 1.54) is 0 Å². The number of nitrogens with zero attached hydrogens (tertiary/aromatic N) is 1. The minimum absolute atomic E-state index is 0.0103. The van der Waals surface area contributed by atoms with Crippen molar-refractivity contribution in [2.24, 2.45) is 0 Å². The van der Waals surface area contributed by atoms with Crippen molar-refractivity contribution >= 4 is 23.4 Å². The van der Waals surface area contributed by atoms with E-state index >= 15 is 0 Å². The normalized spacial score (nSPS) is 27.4. The van der Waals surface area contributed by atoms with E-state index in [0.29, 0.717) is 5.03 Å². The Labute approximate surface area is 106 Å². The third-order valence-corrected chi connectivity index (χ3v) is 3.80. The van der Waals surface area contributed by atoms with Crippen LogP contribution in [0.3, 0.4) is 0 Å². The molecule has 1 saturated heterocycles. The van der Waals surface area contributed by atoms with Crippen LogP contribution in [-0.4, -0.2) is 34.8 Å². The third kappa shape index (κ3) is 2.06. The molecule has 1 aliphatic heterocycles. The molecular weight excluding hydrogens is 240 g/mol. The molecule has 1 N–H and O–H groups in total. The van der Waals surface area contributed by atoms with Crippen LogP contribution in [0.5, 0.6) is 0 Å². The Morgan fingerprint density at radius 2 is 2.12 bits per heavy atom. The number of carbonyl (C=O) groups excluding carboxylic acids is 2. The quantitative estimate of drug-likeness (QED) is 0.812. The smallest absolute Gasteiger partial charge is 0.249 e.